The van der Waals surface area contributed by atoms with Gasteiger partial charge in [0.05, 0.1) is 0 Å². The number of nitriles is 1. The summed E-state index contributed by atoms with van der Waals surface area (Å²) in [6, 6.07) is 0. The fourth-order valence-corrected chi connectivity index (χ4v) is 1.15. The Labute approximate surface area is 72.2 Å². The van der Waals surface area contributed by atoms with Gasteiger partial charge in [-0.3, -0.25) is 10.3 Å². The summed E-state index contributed by atoms with van der Waals surface area (Å²) in [5.74, 6) is 0.670. The molecule has 0 atom stereocenters. The standard InChI is InChI=1S/C8H12N4/c1-2-5-12-6-3-4-10-8(12)11-7-9/h2H,1,3-6H2,(H,10,11). The Morgan fingerprint density at radius 3 is 3.33 bits per heavy atom. The molecule has 0 saturated carbocycles. The average Bonchev–Trinajstić information content (AvgIpc) is 2.09. The van der Waals surface area contributed by atoms with Gasteiger partial charge in [-0.15, -0.1) is 6.58 Å². The number of aliphatic imine (C=N–C) groups is 1. The third-order valence-electron chi connectivity index (χ3n) is 1.66. The Kier molecular flexibility index (Phi) is 3.15. The third kappa shape index (κ3) is 1.99. The fourth-order valence-electron chi connectivity index (χ4n) is 1.15. The highest BCUT2D eigenvalue weighted by molar-refractivity contribution is 5.81. The quantitative estimate of drug-likeness (QED) is 0.363. The van der Waals surface area contributed by atoms with Crippen LogP contribution >= 0.6 is 0 Å². The molecule has 1 heterocycles. The van der Waals surface area contributed by atoms with E-state index in [0.717, 1.165) is 26.1 Å². The third-order valence-corrected chi connectivity index (χ3v) is 1.66. The van der Waals surface area contributed by atoms with Crippen LogP contribution in [0.3, 0.4) is 0 Å². The summed E-state index contributed by atoms with van der Waals surface area (Å²) in [6.45, 7) is 6.13. The zero-order valence-corrected chi connectivity index (χ0v) is 6.95. The van der Waals surface area contributed by atoms with E-state index < -0.39 is 0 Å². The van der Waals surface area contributed by atoms with Crippen LogP contribution in [0.2, 0.25) is 0 Å². The Balaban J connectivity index is 2.58. The maximum Gasteiger partial charge on any atom is 0.207 e. The van der Waals surface area contributed by atoms with E-state index in [2.05, 4.69) is 16.9 Å². The fraction of sp³-hybridized carbons (Fsp3) is 0.500. The van der Waals surface area contributed by atoms with E-state index in [1.54, 1.807) is 6.08 Å². The lowest BCUT2D eigenvalue weighted by Gasteiger charge is -2.26. The van der Waals surface area contributed by atoms with Crippen LogP contribution in [0.15, 0.2) is 17.6 Å². The van der Waals surface area contributed by atoms with E-state index in [9.17, 15) is 0 Å². The van der Waals surface area contributed by atoms with Crippen molar-refractivity contribution in [2.24, 2.45) is 4.99 Å². The Hall–Kier alpha value is -1.50. The number of nitrogens with zero attached hydrogens (tertiary/aromatic N) is 3. The van der Waals surface area contributed by atoms with Gasteiger partial charge in [-0.2, -0.15) is 5.26 Å². The summed E-state index contributed by atoms with van der Waals surface area (Å²) in [6.07, 6.45) is 4.72. The molecule has 0 radical (unpaired) electrons. The molecule has 1 aliphatic heterocycles. The molecule has 1 rings (SSSR count). The predicted octanol–water partition coefficient (Wildman–Crippen LogP) is 0.305. The Morgan fingerprint density at radius 2 is 2.67 bits per heavy atom. The Bertz CT molecular complexity index is 226. The van der Waals surface area contributed by atoms with Crippen LogP contribution in [-0.2, 0) is 0 Å². The van der Waals surface area contributed by atoms with Crippen molar-refractivity contribution in [3.05, 3.63) is 12.7 Å². The van der Waals surface area contributed by atoms with Crippen LogP contribution < -0.4 is 5.32 Å². The van der Waals surface area contributed by atoms with Gasteiger partial charge in [0.1, 0.15) is 0 Å². The summed E-state index contributed by atoms with van der Waals surface area (Å²) in [7, 11) is 0. The van der Waals surface area contributed by atoms with Crippen LogP contribution in [0.4, 0.5) is 0 Å². The van der Waals surface area contributed by atoms with Crippen molar-refractivity contribution < 1.29 is 0 Å². The monoisotopic (exact) mass is 164 g/mol. The second kappa shape index (κ2) is 4.39. The van der Waals surface area contributed by atoms with Gasteiger partial charge in [-0.05, 0) is 6.42 Å². The molecule has 0 spiro atoms. The molecule has 0 aromatic carbocycles. The predicted molar refractivity (Wildman–Crippen MR) is 47.4 cm³/mol. The number of hydrogen-bond donors (Lipinski definition) is 1. The molecule has 0 aliphatic carbocycles. The smallest absolute Gasteiger partial charge is 0.207 e. The molecule has 0 bridgehead atoms. The average molecular weight is 164 g/mol. The van der Waals surface area contributed by atoms with E-state index in [1.165, 1.54) is 0 Å². The first-order valence-electron chi connectivity index (χ1n) is 3.94. The molecule has 1 N–H and O–H groups in total. The van der Waals surface area contributed by atoms with Gasteiger partial charge < -0.3 is 4.90 Å². The largest absolute Gasteiger partial charge is 0.338 e. The first-order chi connectivity index (χ1) is 5.88. The number of nitrogens with one attached hydrogen (secondary N) is 1. The van der Waals surface area contributed by atoms with E-state index in [-0.39, 0.29) is 0 Å². The lowest BCUT2D eigenvalue weighted by Crippen LogP contribution is -2.42. The second-order valence-corrected chi connectivity index (χ2v) is 2.53. The van der Waals surface area contributed by atoms with E-state index >= 15 is 0 Å². The molecule has 0 unspecified atom stereocenters. The van der Waals surface area contributed by atoms with Crippen molar-refractivity contribution in [3.8, 4) is 6.19 Å². The number of rotatable bonds is 2. The molecule has 0 amide bonds. The minimum absolute atomic E-state index is 0.670. The minimum atomic E-state index is 0.670. The second-order valence-electron chi connectivity index (χ2n) is 2.53. The maximum atomic E-state index is 8.41. The van der Waals surface area contributed by atoms with Crippen LogP contribution in [-0.4, -0.2) is 30.5 Å². The van der Waals surface area contributed by atoms with Gasteiger partial charge in [-0.25, -0.2) is 0 Å². The molecular formula is C8H12N4. The molecule has 1 aliphatic rings. The van der Waals surface area contributed by atoms with Crippen molar-refractivity contribution in [3.63, 3.8) is 0 Å². The first-order valence-corrected chi connectivity index (χ1v) is 3.94. The number of guanidine groups is 1. The molecule has 0 fully saturated rings. The van der Waals surface area contributed by atoms with Crippen LogP contribution in [0.5, 0.6) is 0 Å². The van der Waals surface area contributed by atoms with Crippen molar-refractivity contribution in [1.82, 2.24) is 10.2 Å². The van der Waals surface area contributed by atoms with Gasteiger partial charge in [-0.1, -0.05) is 6.08 Å². The zero-order chi connectivity index (χ0) is 8.81. The molecule has 4 nitrogen and oxygen atoms in total. The summed E-state index contributed by atoms with van der Waals surface area (Å²) >= 11 is 0. The summed E-state index contributed by atoms with van der Waals surface area (Å²) < 4.78 is 0. The normalized spacial score (nSPS) is 16.2. The summed E-state index contributed by atoms with van der Waals surface area (Å²) in [4.78, 5) is 6.18. The van der Waals surface area contributed by atoms with Crippen LogP contribution in [0, 0.1) is 11.5 Å². The zero-order valence-electron chi connectivity index (χ0n) is 6.95. The minimum Gasteiger partial charge on any atom is -0.338 e. The molecule has 0 aromatic heterocycles. The lowest BCUT2D eigenvalue weighted by atomic mass is 10.3. The highest BCUT2D eigenvalue weighted by atomic mass is 15.3. The van der Waals surface area contributed by atoms with E-state index in [4.69, 9.17) is 5.26 Å². The molecular weight excluding hydrogens is 152 g/mol. The van der Waals surface area contributed by atoms with Gasteiger partial charge in [0, 0.05) is 19.6 Å². The van der Waals surface area contributed by atoms with Gasteiger partial charge in [0.15, 0.2) is 6.19 Å². The SMILES string of the molecule is C=CCN1CCCN=C1NC#N. The molecule has 0 aromatic rings. The van der Waals surface area contributed by atoms with Crippen molar-refractivity contribution in [2.75, 3.05) is 19.6 Å². The highest BCUT2D eigenvalue weighted by Crippen LogP contribution is 2.00. The number of hydrogen-bond acceptors (Lipinski definition) is 4. The molecule has 4 heteroatoms. The molecule has 0 saturated heterocycles. The van der Waals surface area contributed by atoms with Gasteiger partial charge in [0.25, 0.3) is 0 Å². The summed E-state index contributed by atoms with van der Waals surface area (Å²) in [5.41, 5.74) is 0. The summed E-state index contributed by atoms with van der Waals surface area (Å²) in [5, 5.41) is 11.0. The van der Waals surface area contributed by atoms with E-state index in [1.807, 2.05) is 11.1 Å². The molecule has 64 valence electrons. The topological polar surface area (TPSA) is 51.4 Å². The Morgan fingerprint density at radius 1 is 1.83 bits per heavy atom. The van der Waals surface area contributed by atoms with Crippen LogP contribution in [0.25, 0.3) is 0 Å². The maximum absolute atomic E-state index is 8.41. The van der Waals surface area contributed by atoms with E-state index in [0.29, 0.717) is 5.96 Å². The van der Waals surface area contributed by atoms with Crippen LogP contribution in [0.1, 0.15) is 6.42 Å². The lowest BCUT2D eigenvalue weighted by molar-refractivity contribution is 0.420. The van der Waals surface area contributed by atoms with Crippen molar-refractivity contribution >= 4 is 5.96 Å². The van der Waals surface area contributed by atoms with Gasteiger partial charge in [0.2, 0.25) is 5.96 Å². The van der Waals surface area contributed by atoms with Gasteiger partial charge >= 0.3 is 0 Å². The van der Waals surface area contributed by atoms with Crippen molar-refractivity contribution in [2.45, 2.75) is 6.42 Å². The molecule has 12 heavy (non-hydrogen) atoms. The highest BCUT2D eigenvalue weighted by Gasteiger charge is 2.12. The van der Waals surface area contributed by atoms with Crippen molar-refractivity contribution in [1.29, 1.82) is 5.26 Å². The first kappa shape index (κ1) is 8.60.